The third kappa shape index (κ3) is 5.66. The number of ether oxygens (including phenoxy) is 2. The zero-order valence-corrected chi connectivity index (χ0v) is 19.0. The van der Waals surface area contributed by atoms with Crippen molar-refractivity contribution in [2.75, 3.05) is 39.9 Å². The first kappa shape index (κ1) is 23.8. The van der Waals surface area contributed by atoms with Crippen LogP contribution in [0.4, 0.5) is 0 Å². The molecule has 0 bridgehead atoms. The minimum absolute atomic E-state index is 0.0625. The summed E-state index contributed by atoms with van der Waals surface area (Å²) in [4.78, 5) is 40.5. The summed E-state index contributed by atoms with van der Waals surface area (Å²) in [5, 5.41) is 0.501. The lowest BCUT2D eigenvalue weighted by molar-refractivity contribution is -0.148. The van der Waals surface area contributed by atoms with E-state index in [1.165, 1.54) is 7.11 Å². The molecule has 0 radical (unpaired) electrons. The quantitative estimate of drug-likeness (QED) is 0.446. The number of piperazine rings is 1. The zero-order chi connectivity index (χ0) is 23.1. The molecule has 1 aliphatic heterocycles. The summed E-state index contributed by atoms with van der Waals surface area (Å²) in [6, 6.07) is 13.4. The van der Waals surface area contributed by atoms with Crippen LogP contribution in [-0.2, 0) is 14.3 Å². The van der Waals surface area contributed by atoms with Gasteiger partial charge in [-0.15, -0.1) is 0 Å². The highest BCUT2D eigenvalue weighted by Gasteiger charge is 2.33. The number of nitrogens with zero attached hydrogens (tertiary/aromatic N) is 2. The van der Waals surface area contributed by atoms with Crippen LogP contribution in [0.25, 0.3) is 0 Å². The van der Waals surface area contributed by atoms with E-state index in [1.807, 2.05) is 30.0 Å². The smallest absolute Gasteiger partial charge is 0.327 e. The number of esters is 1. The average Bonchev–Trinajstić information content (AvgIpc) is 2.84. The number of benzene rings is 2. The van der Waals surface area contributed by atoms with E-state index in [9.17, 15) is 14.4 Å². The van der Waals surface area contributed by atoms with E-state index in [-0.39, 0.29) is 24.3 Å². The molecular formula is C24H27ClN2O5. The zero-order valence-electron chi connectivity index (χ0n) is 18.3. The van der Waals surface area contributed by atoms with Gasteiger partial charge in [0, 0.05) is 43.2 Å². The van der Waals surface area contributed by atoms with Gasteiger partial charge in [-0.1, -0.05) is 36.7 Å². The molecule has 1 unspecified atom stereocenters. The standard InChI is InChI=1S/C24H27ClN2O5/c1-3-21(28)17-8-10-18(11-9-17)32-16-22(29)26-12-14-27(15-13-26)23(24(30)31-2)19-6-4-5-7-20(19)25/h4-11,23H,3,12-16H2,1-2H3. The Morgan fingerprint density at radius 3 is 2.25 bits per heavy atom. The van der Waals surface area contributed by atoms with Gasteiger partial charge < -0.3 is 14.4 Å². The molecule has 1 amide bonds. The molecular weight excluding hydrogens is 432 g/mol. The van der Waals surface area contributed by atoms with Crippen molar-refractivity contribution in [3.63, 3.8) is 0 Å². The highest BCUT2D eigenvalue weighted by atomic mass is 35.5. The van der Waals surface area contributed by atoms with Gasteiger partial charge in [-0.3, -0.25) is 14.5 Å². The highest BCUT2D eigenvalue weighted by molar-refractivity contribution is 6.31. The molecule has 0 N–H and O–H groups in total. The maximum atomic E-state index is 12.6. The van der Waals surface area contributed by atoms with Gasteiger partial charge in [-0.05, 0) is 35.9 Å². The molecule has 1 aliphatic rings. The molecule has 170 valence electrons. The molecule has 2 aromatic carbocycles. The molecule has 0 saturated carbocycles. The summed E-state index contributed by atoms with van der Waals surface area (Å²) in [6.45, 7) is 3.66. The van der Waals surface area contributed by atoms with Crippen LogP contribution in [0.2, 0.25) is 5.02 Å². The van der Waals surface area contributed by atoms with Gasteiger partial charge >= 0.3 is 5.97 Å². The highest BCUT2D eigenvalue weighted by Crippen LogP contribution is 2.29. The Bertz CT molecular complexity index is 955. The number of carbonyl (C=O) groups excluding carboxylic acids is 3. The molecule has 8 heteroatoms. The third-order valence-electron chi connectivity index (χ3n) is 5.52. The summed E-state index contributed by atoms with van der Waals surface area (Å²) in [5.41, 5.74) is 1.31. The number of hydrogen-bond donors (Lipinski definition) is 0. The fraction of sp³-hybridized carbons (Fsp3) is 0.375. The lowest BCUT2D eigenvalue weighted by atomic mass is 10.0. The summed E-state index contributed by atoms with van der Waals surface area (Å²) in [7, 11) is 1.36. The van der Waals surface area contributed by atoms with Crippen molar-refractivity contribution < 1.29 is 23.9 Å². The number of ketones is 1. The van der Waals surface area contributed by atoms with Crippen LogP contribution < -0.4 is 4.74 Å². The molecule has 0 aromatic heterocycles. The number of amides is 1. The van der Waals surface area contributed by atoms with Gasteiger partial charge in [0.15, 0.2) is 12.4 Å². The average molecular weight is 459 g/mol. The lowest BCUT2D eigenvalue weighted by Crippen LogP contribution is -2.52. The molecule has 2 aromatic rings. The first-order chi connectivity index (χ1) is 15.4. The second-order valence-corrected chi connectivity index (χ2v) is 7.86. The van der Waals surface area contributed by atoms with E-state index in [0.717, 1.165) is 0 Å². The molecule has 3 rings (SSSR count). The molecule has 0 spiro atoms. The number of Topliss-reactive ketones (excluding diaryl/α,β-unsaturated/α-hetero) is 1. The maximum absolute atomic E-state index is 12.6. The summed E-state index contributed by atoms with van der Waals surface area (Å²) >= 11 is 6.32. The topological polar surface area (TPSA) is 76.2 Å². The predicted octanol–water partition coefficient (Wildman–Crippen LogP) is 3.37. The molecule has 7 nitrogen and oxygen atoms in total. The number of halogens is 1. The molecule has 1 atom stereocenters. The maximum Gasteiger partial charge on any atom is 0.327 e. The van der Waals surface area contributed by atoms with Gasteiger partial charge in [0.05, 0.1) is 7.11 Å². The Hall–Kier alpha value is -2.90. The van der Waals surface area contributed by atoms with E-state index in [0.29, 0.717) is 54.5 Å². The number of methoxy groups -OCH3 is 1. The van der Waals surface area contributed by atoms with Gasteiger partial charge in [0.1, 0.15) is 11.8 Å². The van der Waals surface area contributed by atoms with Crippen LogP contribution in [0.5, 0.6) is 5.75 Å². The van der Waals surface area contributed by atoms with Gasteiger partial charge in [0.2, 0.25) is 0 Å². The molecule has 1 saturated heterocycles. The summed E-state index contributed by atoms with van der Waals surface area (Å²) in [5.74, 6) is 0.0820. The van der Waals surface area contributed by atoms with Crippen molar-refractivity contribution in [1.29, 1.82) is 0 Å². The van der Waals surface area contributed by atoms with E-state index in [1.54, 1.807) is 35.2 Å². The van der Waals surface area contributed by atoms with Crippen molar-refractivity contribution in [3.8, 4) is 5.75 Å². The van der Waals surface area contributed by atoms with Gasteiger partial charge in [-0.25, -0.2) is 4.79 Å². The van der Waals surface area contributed by atoms with Crippen LogP contribution in [0.1, 0.15) is 35.3 Å². The Kier molecular flexibility index (Phi) is 8.25. The number of carbonyl (C=O) groups is 3. The molecule has 1 fully saturated rings. The van der Waals surface area contributed by atoms with Crippen molar-refractivity contribution in [1.82, 2.24) is 9.80 Å². The molecule has 1 heterocycles. The van der Waals surface area contributed by atoms with E-state index in [4.69, 9.17) is 21.1 Å². The van der Waals surface area contributed by atoms with E-state index < -0.39 is 6.04 Å². The third-order valence-corrected chi connectivity index (χ3v) is 5.86. The number of rotatable bonds is 8. The summed E-state index contributed by atoms with van der Waals surface area (Å²) < 4.78 is 10.6. The second-order valence-electron chi connectivity index (χ2n) is 7.45. The monoisotopic (exact) mass is 458 g/mol. The number of hydrogen-bond acceptors (Lipinski definition) is 6. The van der Waals surface area contributed by atoms with Crippen LogP contribution in [0.15, 0.2) is 48.5 Å². The van der Waals surface area contributed by atoms with Crippen LogP contribution in [-0.4, -0.2) is 67.4 Å². The lowest BCUT2D eigenvalue weighted by Gasteiger charge is -2.38. The fourth-order valence-corrected chi connectivity index (χ4v) is 3.93. The molecule has 0 aliphatic carbocycles. The van der Waals surface area contributed by atoms with Crippen molar-refractivity contribution in [3.05, 3.63) is 64.7 Å². The minimum atomic E-state index is -0.619. The SMILES string of the molecule is CCC(=O)c1ccc(OCC(=O)N2CCN(C(C(=O)OC)c3ccccc3Cl)CC2)cc1. The Morgan fingerprint density at radius 2 is 1.66 bits per heavy atom. The van der Waals surface area contributed by atoms with E-state index in [2.05, 4.69) is 0 Å². The second kappa shape index (κ2) is 11.1. The Balaban J connectivity index is 1.56. The summed E-state index contributed by atoms with van der Waals surface area (Å²) in [6.07, 6.45) is 0.442. The van der Waals surface area contributed by atoms with Crippen LogP contribution in [0.3, 0.4) is 0 Å². The first-order valence-electron chi connectivity index (χ1n) is 10.5. The fourth-order valence-electron chi connectivity index (χ4n) is 3.69. The molecule has 32 heavy (non-hydrogen) atoms. The predicted molar refractivity (Wildman–Crippen MR) is 121 cm³/mol. The largest absolute Gasteiger partial charge is 0.484 e. The Morgan fingerprint density at radius 1 is 1.00 bits per heavy atom. The normalized spacial score (nSPS) is 15.2. The minimum Gasteiger partial charge on any atom is -0.484 e. The van der Waals surface area contributed by atoms with Crippen LogP contribution in [0, 0.1) is 0 Å². The van der Waals surface area contributed by atoms with E-state index >= 15 is 0 Å². The van der Waals surface area contributed by atoms with Gasteiger partial charge in [0.25, 0.3) is 5.91 Å². The van der Waals surface area contributed by atoms with Crippen molar-refractivity contribution >= 4 is 29.3 Å². The van der Waals surface area contributed by atoms with Crippen LogP contribution >= 0.6 is 11.6 Å². The van der Waals surface area contributed by atoms with Gasteiger partial charge in [-0.2, -0.15) is 0 Å². The van der Waals surface area contributed by atoms with Crippen molar-refractivity contribution in [2.24, 2.45) is 0 Å². The van der Waals surface area contributed by atoms with Crippen molar-refractivity contribution in [2.45, 2.75) is 19.4 Å². The first-order valence-corrected chi connectivity index (χ1v) is 10.9. The Labute approximate surface area is 192 Å².